The van der Waals surface area contributed by atoms with Crippen LogP contribution in [0.1, 0.15) is 18.1 Å². The quantitative estimate of drug-likeness (QED) is 0.302. The highest BCUT2D eigenvalue weighted by Gasteiger charge is 2.13. The molecule has 160 valence electrons. The van der Waals surface area contributed by atoms with Gasteiger partial charge in [-0.15, -0.1) is 24.0 Å². The Labute approximate surface area is 189 Å². The van der Waals surface area contributed by atoms with Crippen LogP contribution in [0.4, 0.5) is 0 Å². The third-order valence-corrected chi connectivity index (χ3v) is 4.08. The zero-order valence-corrected chi connectivity index (χ0v) is 19.9. The minimum Gasteiger partial charge on any atom is -0.494 e. The number of guanidine groups is 1. The van der Waals surface area contributed by atoms with E-state index in [1.807, 2.05) is 43.3 Å². The average molecular weight is 515 g/mol. The van der Waals surface area contributed by atoms with Gasteiger partial charge in [0.25, 0.3) is 0 Å². The molecule has 0 aliphatic rings. The molecule has 2 N–H and O–H groups in total. The van der Waals surface area contributed by atoms with Gasteiger partial charge < -0.3 is 29.6 Å². The van der Waals surface area contributed by atoms with Crippen molar-refractivity contribution in [2.24, 2.45) is 4.99 Å². The van der Waals surface area contributed by atoms with E-state index >= 15 is 0 Å². The second-order valence-electron chi connectivity index (χ2n) is 5.89. The van der Waals surface area contributed by atoms with Crippen LogP contribution in [0, 0.1) is 0 Å². The lowest BCUT2D eigenvalue weighted by molar-refractivity contribution is 0.323. The maximum Gasteiger partial charge on any atom is 0.203 e. The van der Waals surface area contributed by atoms with E-state index in [1.54, 1.807) is 28.4 Å². The summed E-state index contributed by atoms with van der Waals surface area (Å²) in [6.07, 6.45) is 0. The van der Waals surface area contributed by atoms with Crippen LogP contribution in [-0.2, 0) is 13.1 Å². The second kappa shape index (κ2) is 13.0. The lowest BCUT2D eigenvalue weighted by atomic mass is 10.2. The molecule has 0 unspecified atom stereocenters. The molecule has 2 aromatic carbocycles. The first-order valence-electron chi connectivity index (χ1n) is 9.10. The zero-order valence-electron chi connectivity index (χ0n) is 17.6. The van der Waals surface area contributed by atoms with E-state index in [-0.39, 0.29) is 24.0 Å². The van der Waals surface area contributed by atoms with Gasteiger partial charge in [0, 0.05) is 20.1 Å². The number of hydrogen-bond donors (Lipinski definition) is 2. The lowest BCUT2D eigenvalue weighted by Gasteiger charge is -2.16. The van der Waals surface area contributed by atoms with Crippen LogP contribution in [0.5, 0.6) is 23.0 Å². The van der Waals surface area contributed by atoms with E-state index in [0.29, 0.717) is 42.9 Å². The highest BCUT2D eigenvalue weighted by molar-refractivity contribution is 14.0. The number of nitrogens with zero attached hydrogens (tertiary/aromatic N) is 1. The lowest BCUT2D eigenvalue weighted by Crippen LogP contribution is -2.36. The normalized spacial score (nSPS) is 10.6. The van der Waals surface area contributed by atoms with E-state index in [9.17, 15) is 0 Å². The Balaban J connectivity index is 0.00000420. The number of halogens is 1. The van der Waals surface area contributed by atoms with Crippen LogP contribution in [-0.4, -0.2) is 40.9 Å². The molecule has 0 aliphatic carbocycles. The third kappa shape index (κ3) is 7.19. The number of ether oxygens (including phenoxy) is 4. The molecule has 0 bridgehead atoms. The number of aliphatic imine (C=N–C) groups is 1. The average Bonchev–Trinajstić information content (AvgIpc) is 2.73. The van der Waals surface area contributed by atoms with Crippen molar-refractivity contribution in [3.05, 3.63) is 47.5 Å². The van der Waals surface area contributed by atoms with E-state index in [0.717, 1.165) is 16.9 Å². The molecule has 2 aromatic rings. The van der Waals surface area contributed by atoms with Crippen LogP contribution >= 0.6 is 24.0 Å². The van der Waals surface area contributed by atoms with Gasteiger partial charge in [-0.05, 0) is 42.3 Å². The summed E-state index contributed by atoms with van der Waals surface area (Å²) in [5, 5.41) is 6.59. The summed E-state index contributed by atoms with van der Waals surface area (Å²) in [5.74, 6) is 3.37. The molecular formula is C21H30IN3O4. The van der Waals surface area contributed by atoms with E-state index < -0.39 is 0 Å². The maximum absolute atomic E-state index is 5.54. The molecule has 8 heteroatoms. The second-order valence-corrected chi connectivity index (χ2v) is 5.89. The van der Waals surface area contributed by atoms with Crippen molar-refractivity contribution in [3.8, 4) is 23.0 Å². The first-order chi connectivity index (χ1) is 13.6. The molecule has 2 rings (SSSR count). The van der Waals surface area contributed by atoms with Gasteiger partial charge in [-0.3, -0.25) is 4.99 Å². The van der Waals surface area contributed by atoms with Crippen LogP contribution in [0.3, 0.4) is 0 Å². The SMILES string of the molecule is CCOc1cccc(CNC(=NC)NCc2cc(OC)c(OC)c(OC)c2)c1.I. The fraction of sp³-hybridized carbons (Fsp3) is 0.381. The van der Waals surface area contributed by atoms with Gasteiger partial charge in [0.05, 0.1) is 27.9 Å². The van der Waals surface area contributed by atoms with Gasteiger partial charge in [0.1, 0.15) is 5.75 Å². The maximum atomic E-state index is 5.54. The molecular weight excluding hydrogens is 485 g/mol. The van der Waals surface area contributed by atoms with Gasteiger partial charge >= 0.3 is 0 Å². The third-order valence-electron chi connectivity index (χ3n) is 4.08. The first kappa shape index (κ1) is 24.7. The topological polar surface area (TPSA) is 73.3 Å². The monoisotopic (exact) mass is 515 g/mol. The minimum absolute atomic E-state index is 0. The smallest absolute Gasteiger partial charge is 0.203 e. The van der Waals surface area contributed by atoms with E-state index in [4.69, 9.17) is 18.9 Å². The summed E-state index contributed by atoms with van der Waals surface area (Å²) in [6.45, 7) is 3.81. The van der Waals surface area contributed by atoms with Crippen molar-refractivity contribution in [1.29, 1.82) is 0 Å². The summed E-state index contributed by atoms with van der Waals surface area (Å²) in [4.78, 5) is 4.27. The van der Waals surface area contributed by atoms with Gasteiger partial charge in [0.2, 0.25) is 5.75 Å². The molecule has 0 radical (unpaired) electrons. The Kier molecular flexibility index (Phi) is 11.0. The van der Waals surface area contributed by atoms with Crippen molar-refractivity contribution < 1.29 is 18.9 Å². The molecule has 7 nitrogen and oxygen atoms in total. The van der Waals surface area contributed by atoms with Gasteiger partial charge in [-0.1, -0.05) is 12.1 Å². The highest BCUT2D eigenvalue weighted by Crippen LogP contribution is 2.38. The highest BCUT2D eigenvalue weighted by atomic mass is 127. The van der Waals surface area contributed by atoms with Crippen molar-refractivity contribution in [1.82, 2.24) is 10.6 Å². The number of rotatable bonds is 9. The van der Waals surface area contributed by atoms with Crippen LogP contribution in [0.15, 0.2) is 41.4 Å². The molecule has 0 amide bonds. The zero-order chi connectivity index (χ0) is 20.4. The molecule has 29 heavy (non-hydrogen) atoms. The van der Waals surface area contributed by atoms with Crippen molar-refractivity contribution >= 4 is 29.9 Å². The predicted octanol–water partition coefficient (Wildman–Crippen LogP) is 3.59. The minimum atomic E-state index is 0. The fourth-order valence-electron chi connectivity index (χ4n) is 2.74. The predicted molar refractivity (Wildman–Crippen MR) is 126 cm³/mol. The van der Waals surface area contributed by atoms with Gasteiger partial charge in [-0.25, -0.2) is 0 Å². The fourth-order valence-corrected chi connectivity index (χ4v) is 2.74. The number of hydrogen-bond acceptors (Lipinski definition) is 5. The molecule has 0 fully saturated rings. The summed E-state index contributed by atoms with van der Waals surface area (Å²) >= 11 is 0. The number of methoxy groups -OCH3 is 3. The van der Waals surface area contributed by atoms with Crippen molar-refractivity contribution in [2.75, 3.05) is 35.0 Å². The molecule has 0 saturated carbocycles. The number of nitrogens with one attached hydrogen (secondary N) is 2. The summed E-state index contributed by atoms with van der Waals surface area (Å²) < 4.78 is 21.7. The Morgan fingerprint density at radius 2 is 1.52 bits per heavy atom. The Morgan fingerprint density at radius 3 is 2.03 bits per heavy atom. The number of benzene rings is 2. The van der Waals surface area contributed by atoms with Crippen molar-refractivity contribution in [3.63, 3.8) is 0 Å². The Hall–Kier alpha value is -2.36. The van der Waals surface area contributed by atoms with E-state index in [1.165, 1.54) is 0 Å². The molecule has 0 spiro atoms. The van der Waals surface area contributed by atoms with Crippen LogP contribution < -0.4 is 29.6 Å². The largest absolute Gasteiger partial charge is 0.494 e. The van der Waals surface area contributed by atoms with Gasteiger partial charge in [0.15, 0.2) is 17.5 Å². The van der Waals surface area contributed by atoms with Crippen LogP contribution in [0.25, 0.3) is 0 Å². The van der Waals surface area contributed by atoms with Crippen molar-refractivity contribution in [2.45, 2.75) is 20.0 Å². The standard InChI is InChI=1S/C21H29N3O4.HI/c1-6-28-17-9-7-8-15(10-17)13-23-21(22-2)24-14-16-11-18(25-3)20(27-5)19(12-16)26-4;/h7-12H,6,13-14H2,1-5H3,(H2,22,23,24);1H. The van der Waals surface area contributed by atoms with Crippen LogP contribution in [0.2, 0.25) is 0 Å². The molecule has 0 saturated heterocycles. The van der Waals surface area contributed by atoms with Gasteiger partial charge in [-0.2, -0.15) is 0 Å². The summed E-state index contributed by atoms with van der Waals surface area (Å²) in [7, 11) is 6.53. The first-order valence-corrected chi connectivity index (χ1v) is 9.10. The molecule has 0 aromatic heterocycles. The molecule has 0 aliphatic heterocycles. The molecule has 0 heterocycles. The Bertz CT molecular complexity index is 774. The summed E-state index contributed by atoms with van der Waals surface area (Å²) in [6, 6.07) is 11.8. The Morgan fingerprint density at radius 1 is 0.897 bits per heavy atom. The molecule has 0 atom stereocenters. The van der Waals surface area contributed by atoms with E-state index in [2.05, 4.69) is 15.6 Å². The summed E-state index contributed by atoms with van der Waals surface area (Å²) in [5.41, 5.74) is 2.09.